The van der Waals surface area contributed by atoms with Crippen molar-refractivity contribution in [3.05, 3.63) is 57.8 Å². The van der Waals surface area contributed by atoms with E-state index in [2.05, 4.69) is 10.3 Å². The fourth-order valence-corrected chi connectivity index (χ4v) is 1.99. The predicted octanol–water partition coefficient (Wildman–Crippen LogP) is 2.62. The molecule has 1 aromatic heterocycles. The van der Waals surface area contributed by atoms with E-state index in [0.717, 1.165) is 5.69 Å². The van der Waals surface area contributed by atoms with Crippen molar-refractivity contribution in [2.24, 2.45) is 0 Å². The molecular weight excluding hydrogens is 284 g/mol. The quantitative estimate of drug-likeness (QED) is 0.692. The largest absolute Gasteiger partial charge is 0.372 e. The van der Waals surface area contributed by atoms with Gasteiger partial charge in [0.15, 0.2) is 0 Å². The molecule has 2 rings (SSSR count). The Labute approximate surface area is 127 Å². The summed E-state index contributed by atoms with van der Waals surface area (Å²) >= 11 is 0. The lowest BCUT2D eigenvalue weighted by Gasteiger charge is -2.13. The van der Waals surface area contributed by atoms with Crippen molar-refractivity contribution in [2.75, 3.05) is 24.3 Å². The minimum atomic E-state index is -0.503. The molecule has 2 aromatic rings. The van der Waals surface area contributed by atoms with E-state index in [1.807, 2.05) is 13.0 Å². The Balaban J connectivity index is 2.30. The summed E-state index contributed by atoms with van der Waals surface area (Å²) in [5.41, 5.74) is 1.30. The minimum absolute atomic E-state index is 0.116. The number of nitro benzene ring substituents is 1. The SMILES string of the molecule is Cc1cccc(NC(=O)c2ccc(N(C)C)c([N+](=O)[O-])c2)n1. The summed E-state index contributed by atoms with van der Waals surface area (Å²) in [5.74, 6) is -0.0316. The standard InChI is InChI=1S/C15H16N4O3/c1-10-5-4-6-14(16-10)17-15(20)11-7-8-12(18(2)3)13(9-11)19(21)22/h4-9H,1-3H3,(H,16,17,20). The number of carbonyl (C=O) groups excluding carboxylic acids is 1. The van der Waals surface area contributed by atoms with Crippen LogP contribution in [0, 0.1) is 17.0 Å². The van der Waals surface area contributed by atoms with Crippen molar-refractivity contribution < 1.29 is 9.72 Å². The number of hydrogen-bond acceptors (Lipinski definition) is 5. The highest BCUT2D eigenvalue weighted by Crippen LogP contribution is 2.27. The number of nitro groups is 1. The molecule has 1 aromatic carbocycles. The van der Waals surface area contributed by atoms with Crippen LogP contribution < -0.4 is 10.2 Å². The van der Waals surface area contributed by atoms with Crippen molar-refractivity contribution in [3.8, 4) is 0 Å². The maximum atomic E-state index is 12.2. The zero-order valence-electron chi connectivity index (χ0n) is 12.5. The molecule has 0 atom stereocenters. The molecule has 0 aliphatic carbocycles. The van der Waals surface area contributed by atoms with Crippen molar-refractivity contribution in [1.29, 1.82) is 0 Å². The maximum absolute atomic E-state index is 12.2. The van der Waals surface area contributed by atoms with Gasteiger partial charge in [0, 0.05) is 31.4 Å². The number of anilines is 2. The molecule has 0 aliphatic rings. The molecule has 7 heteroatoms. The van der Waals surface area contributed by atoms with E-state index < -0.39 is 10.8 Å². The number of amides is 1. The molecule has 0 radical (unpaired) electrons. The number of pyridine rings is 1. The number of carbonyl (C=O) groups is 1. The van der Waals surface area contributed by atoms with Gasteiger partial charge in [-0.3, -0.25) is 14.9 Å². The molecule has 0 aliphatic heterocycles. The van der Waals surface area contributed by atoms with E-state index >= 15 is 0 Å². The highest BCUT2D eigenvalue weighted by atomic mass is 16.6. The molecule has 1 heterocycles. The topological polar surface area (TPSA) is 88.4 Å². The number of nitrogens with zero attached hydrogens (tertiary/aromatic N) is 3. The van der Waals surface area contributed by atoms with Gasteiger partial charge in [-0.2, -0.15) is 0 Å². The number of nitrogens with one attached hydrogen (secondary N) is 1. The van der Waals surface area contributed by atoms with Crippen molar-refractivity contribution >= 4 is 23.1 Å². The van der Waals surface area contributed by atoms with Crippen LogP contribution in [0.5, 0.6) is 0 Å². The second kappa shape index (κ2) is 6.21. The first-order valence-electron chi connectivity index (χ1n) is 6.59. The van der Waals surface area contributed by atoms with E-state index in [1.165, 1.54) is 6.07 Å². The van der Waals surface area contributed by atoms with Crippen LogP contribution in [0.25, 0.3) is 0 Å². The Hall–Kier alpha value is -2.96. The van der Waals surface area contributed by atoms with Gasteiger partial charge in [0.1, 0.15) is 11.5 Å². The fraction of sp³-hybridized carbons (Fsp3) is 0.200. The first kappa shape index (κ1) is 15.4. The average Bonchev–Trinajstić information content (AvgIpc) is 2.46. The van der Waals surface area contributed by atoms with Gasteiger partial charge in [-0.05, 0) is 31.2 Å². The summed E-state index contributed by atoms with van der Waals surface area (Å²) in [7, 11) is 3.41. The van der Waals surface area contributed by atoms with Crippen LogP contribution in [0.4, 0.5) is 17.2 Å². The van der Waals surface area contributed by atoms with Crippen molar-refractivity contribution in [2.45, 2.75) is 6.92 Å². The second-order valence-electron chi connectivity index (χ2n) is 4.97. The lowest BCUT2D eigenvalue weighted by molar-refractivity contribution is -0.384. The van der Waals surface area contributed by atoms with Gasteiger partial charge in [-0.25, -0.2) is 4.98 Å². The zero-order valence-corrected chi connectivity index (χ0v) is 12.5. The second-order valence-corrected chi connectivity index (χ2v) is 4.97. The molecule has 0 unspecified atom stereocenters. The van der Waals surface area contributed by atoms with E-state index in [-0.39, 0.29) is 11.3 Å². The van der Waals surface area contributed by atoms with Gasteiger partial charge >= 0.3 is 0 Å². The third kappa shape index (κ3) is 3.38. The molecule has 7 nitrogen and oxygen atoms in total. The van der Waals surface area contributed by atoms with Gasteiger partial charge in [0.2, 0.25) is 0 Å². The van der Waals surface area contributed by atoms with Crippen LogP contribution in [-0.4, -0.2) is 29.9 Å². The van der Waals surface area contributed by atoms with Gasteiger partial charge in [-0.15, -0.1) is 0 Å². The lowest BCUT2D eigenvalue weighted by atomic mass is 10.1. The van der Waals surface area contributed by atoms with Gasteiger partial charge < -0.3 is 10.2 Å². The van der Waals surface area contributed by atoms with Crippen molar-refractivity contribution in [3.63, 3.8) is 0 Å². The Morgan fingerprint density at radius 2 is 2.00 bits per heavy atom. The average molecular weight is 300 g/mol. The fourth-order valence-electron chi connectivity index (χ4n) is 1.99. The van der Waals surface area contributed by atoms with Crippen LogP contribution in [0.15, 0.2) is 36.4 Å². The summed E-state index contributed by atoms with van der Waals surface area (Å²) in [6.45, 7) is 1.81. The Morgan fingerprint density at radius 1 is 1.27 bits per heavy atom. The summed E-state index contributed by atoms with van der Waals surface area (Å²) in [5, 5.41) is 13.8. The van der Waals surface area contributed by atoms with E-state index in [4.69, 9.17) is 0 Å². The Morgan fingerprint density at radius 3 is 2.59 bits per heavy atom. The third-order valence-corrected chi connectivity index (χ3v) is 3.05. The first-order chi connectivity index (χ1) is 10.4. The van der Waals surface area contributed by atoms with Gasteiger partial charge in [0.05, 0.1) is 4.92 Å². The summed E-state index contributed by atoms with van der Waals surface area (Å²) in [6.07, 6.45) is 0. The van der Waals surface area contributed by atoms with E-state index in [0.29, 0.717) is 11.5 Å². The first-order valence-corrected chi connectivity index (χ1v) is 6.59. The highest BCUT2D eigenvalue weighted by Gasteiger charge is 2.19. The number of aromatic nitrogens is 1. The van der Waals surface area contributed by atoms with E-state index in [9.17, 15) is 14.9 Å². The van der Waals surface area contributed by atoms with Crippen molar-refractivity contribution in [1.82, 2.24) is 4.98 Å². The van der Waals surface area contributed by atoms with Gasteiger partial charge in [0.25, 0.3) is 11.6 Å². The molecular formula is C15H16N4O3. The van der Waals surface area contributed by atoms with Crippen LogP contribution in [0.2, 0.25) is 0 Å². The number of benzene rings is 1. The molecule has 1 amide bonds. The molecule has 0 saturated carbocycles. The van der Waals surface area contributed by atoms with Crippen LogP contribution in [0.1, 0.15) is 16.1 Å². The molecule has 114 valence electrons. The summed E-state index contributed by atoms with van der Waals surface area (Å²) in [6, 6.07) is 9.61. The molecule has 1 N–H and O–H groups in total. The Kier molecular flexibility index (Phi) is 4.36. The number of rotatable bonds is 4. The molecule has 22 heavy (non-hydrogen) atoms. The lowest BCUT2D eigenvalue weighted by Crippen LogP contribution is -2.15. The predicted molar refractivity (Wildman–Crippen MR) is 84.4 cm³/mol. The summed E-state index contributed by atoms with van der Waals surface area (Å²) in [4.78, 5) is 28.6. The van der Waals surface area contributed by atoms with Crippen LogP contribution in [0.3, 0.4) is 0 Å². The maximum Gasteiger partial charge on any atom is 0.293 e. The zero-order chi connectivity index (χ0) is 16.3. The van der Waals surface area contributed by atoms with E-state index in [1.54, 1.807) is 43.3 Å². The number of hydrogen-bond donors (Lipinski definition) is 1. The molecule has 0 bridgehead atoms. The molecule has 0 saturated heterocycles. The third-order valence-electron chi connectivity index (χ3n) is 3.05. The monoisotopic (exact) mass is 300 g/mol. The normalized spacial score (nSPS) is 10.1. The smallest absolute Gasteiger partial charge is 0.293 e. The van der Waals surface area contributed by atoms with Crippen LogP contribution >= 0.6 is 0 Å². The highest BCUT2D eigenvalue weighted by molar-refractivity contribution is 6.04. The van der Waals surface area contributed by atoms with Gasteiger partial charge in [-0.1, -0.05) is 6.07 Å². The number of aryl methyl sites for hydroxylation is 1. The molecule has 0 fully saturated rings. The minimum Gasteiger partial charge on any atom is -0.372 e. The summed E-state index contributed by atoms with van der Waals surface area (Å²) < 4.78 is 0. The Bertz CT molecular complexity index is 728. The van der Waals surface area contributed by atoms with Crippen LogP contribution in [-0.2, 0) is 0 Å². The molecule has 0 spiro atoms.